The Morgan fingerprint density at radius 3 is 2.53 bits per heavy atom. The SMILES string of the molecule is Cc1cc(F)c(NC(=O)c2cnn(C(C)(C)C)c2F)cc1-c1cc(C=N)c(NC2CCCN(C)C2)c(N2CCOCC2)c1. The van der Waals surface area contributed by atoms with Crippen LogP contribution in [0.4, 0.5) is 25.8 Å². The number of amides is 1. The quantitative estimate of drug-likeness (QED) is 0.314. The summed E-state index contributed by atoms with van der Waals surface area (Å²) in [6.07, 6.45) is 4.65. The monoisotopic (exact) mass is 593 g/mol. The van der Waals surface area contributed by atoms with Gasteiger partial charge in [-0.05, 0) is 95.1 Å². The fourth-order valence-electron chi connectivity index (χ4n) is 5.84. The van der Waals surface area contributed by atoms with Gasteiger partial charge in [-0.1, -0.05) is 0 Å². The highest BCUT2D eigenvalue weighted by molar-refractivity contribution is 6.04. The molecule has 3 N–H and O–H groups in total. The summed E-state index contributed by atoms with van der Waals surface area (Å²) in [5, 5.41) is 18.6. The number of morpholine rings is 1. The van der Waals surface area contributed by atoms with Crippen LogP contribution in [0.2, 0.25) is 0 Å². The topological polar surface area (TPSA) is 98.5 Å². The molecule has 0 radical (unpaired) electrons. The standard InChI is InChI=1S/C32H41F2N7O2/c1-20-13-26(33)27(38-31(42)25-18-36-41(30(25)34)32(2,3)4)16-24(20)21-14-22(17-35)29(37-23-7-6-8-39(5)19-23)28(15-21)40-9-11-43-12-10-40/h13-18,23,35,37H,6-12,19H2,1-5H3,(H,38,42). The second-order valence-electron chi connectivity index (χ2n) is 12.5. The van der Waals surface area contributed by atoms with Gasteiger partial charge in [-0.25, -0.2) is 9.07 Å². The number of anilines is 3. The van der Waals surface area contributed by atoms with Crippen molar-refractivity contribution >= 4 is 29.2 Å². The van der Waals surface area contributed by atoms with Crippen LogP contribution in [0.5, 0.6) is 0 Å². The third-order valence-corrected chi connectivity index (χ3v) is 8.09. The summed E-state index contributed by atoms with van der Waals surface area (Å²) in [5.74, 6) is -2.19. The average Bonchev–Trinajstić information content (AvgIpc) is 3.37. The number of aromatic nitrogens is 2. The van der Waals surface area contributed by atoms with Crippen LogP contribution >= 0.6 is 0 Å². The van der Waals surface area contributed by atoms with Crippen molar-refractivity contribution in [3.05, 3.63) is 58.9 Å². The number of nitrogens with zero attached hydrogens (tertiary/aromatic N) is 4. The fraction of sp³-hybridized carbons (Fsp3) is 0.469. The van der Waals surface area contributed by atoms with E-state index >= 15 is 8.78 Å². The van der Waals surface area contributed by atoms with Gasteiger partial charge < -0.3 is 30.6 Å². The summed E-state index contributed by atoms with van der Waals surface area (Å²) >= 11 is 0. The van der Waals surface area contributed by atoms with Crippen molar-refractivity contribution in [1.29, 1.82) is 5.41 Å². The molecule has 230 valence electrons. The maximum Gasteiger partial charge on any atom is 0.262 e. The Morgan fingerprint density at radius 1 is 1.14 bits per heavy atom. The first kappa shape index (κ1) is 30.6. The second kappa shape index (κ2) is 12.4. The van der Waals surface area contributed by atoms with Crippen molar-refractivity contribution in [2.24, 2.45) is 0 Å². The zero-order valence-electron chi connectivity index (χ0n) is 25.6. The molecule has 1 atom stereocenters. The molecule has 1 amide bonds. The largest absolute Gasteiger partial charge is 0.379 e. The molecule has 11 heteroatoms. The van der Waals surface area contributed by atoms with E-state index < -0.39 is 23.2 Å². The van der Waals surface area contributed by atoms with Crippen molar-refractivity contribution in [3.63, 3.8) is 0 Å². The zero-order valence-corrected chi connectivity index (χ0v) is 25.6. The van der Waals surface area contributed by atoms with Crippen LogP contribution in [0.25, 0.3) is 11.1 Å². The Hall–Kier alpha value is -3.83. The van der Waals surface area contributed by atoms with Gasteiger partial charge in [0.2, 0.25) is 5.95 Å². The highest BCUT2D eigenvalue weighted by Gasteiger charge is 2.26. The lowest BCUT2D eigenvalue weighted by Crippen LogP contribution is -2.41. The molecule has 2 aliphatic rings. The van der Waals surface area contributed by atoms with Gasteiger partial charge in [0.15, 0.2) is 0 Å². The van der Waals surface area contributed by atoms with E-state index in [0.29, 0.717) is 37.4 Å². The number of aryl methyl sites for hydroxylation is 1. The van der Waals surface area contributed by atoms with Crippen molar-refractivity contribution in [2.75, 3.05) is 62.0 Å². The molecule has 0 aliphatic carbocycles. The van der Waals surface area contributed by atoms with E-state index in [1.54, 1.807) is 33.8 Å². The molecule has 0 bridgehead atoms. The van der Waals surface area contributed by atoms with Crippen LogP contribution in [-0.2, 0) is 10.3 Å². The lowest BCUT2D eigenvalue weighted by atomic mass is 9.95. The van der Waals surface area contributed by atoms with Crippen LogP contribution in [-0.4, -0.2) is 79.3 Å². The number of hydrogen-bond donors (Lipinski definition) is 3. The van der Waals surface area contributed by atoms with Crippen LogP contribution in [0.3, 0.4) is 0 Å². The summed E-state index contributed by atoms with van der Waals surface area (Å²) in [6.45, 7) is 11.7. The van der Waals surface area contributed by atoms with Crippen LogP contribution in [0, 0.1) is 24.1 Å². The molecule has 1 unspecified atom stereocenters. The summed E-state index contributed by atoms with van der Waals surface area (Å²) in [7, 11) is 2.12. The lowest BCUT2D eigenvalue weighted by Gasteiger charge is -2.35. The first-order chi connectivity index (χ1) is 20.5. The number of halogens is 2. The third-order valence-electron chi connectivity index (χ3n) is 8.09. The van der Waals surface area contributed by atoms with E-state index in [9.17, 15) is 4.79 Å². The maximum absolute atomic E-state index is 15.2. The molecule has 0 spiro atoms. The molecule has 5 rings (SSSR count). The molecular weight excluding hydrogens is 552 g/mol. The predicted molar refractivity (Wildman–Crippen MR) is 167 cm³/mol. The summed E-state index contributed by atoms with van der Waals surface area (Å²) in [6, 6.07) is 7.17. The molecule has 0 saturated carbocycles. The summed E-state index contributed by atoms with van der Waals surface area (Å²) in [4.78, 5) is 17.6. The minimum atomic E-state index is -0.784. The molecule has 9 nitrogen and oxygen atoms in total. The number of likely N-dealkylation sites (tertiary alicyclic amines) is 1. The molecule has 43 heavy (non-hydrogen) atoms. The maximum atomic E-state index is 15.2. The number of likely N-dealkylation sites (N-methyl/N-ethyl adjacent to an activating group) is 1. The number of hydrogen-bond acceptors (Lipinski definition) is 7. The van der Waals surface area contributed by atoms with Gasteiger partial charge in [-0.15, -0.1) is 0 Å². The zero-order chi connectivity index (χ0) is 30.9. The van der Waals surface area contributed by atoms with Crippen LogP contribution < -0.4 is 15.5 Å². The second-order valence-corrected chi connectivity index (χ2v) is 12.5. The van der Waals surface area contributed by atoms with Gasteiger partial charge in [0.05, 0.1) is 42.0 Å². The van der Waals surface area contributed by atoms with Gasteiger partial charge in [-0.2, -0.15) is 9.49 Å². The van der Waals surface area contributed by atoms with E-state index in [-0.39, 0.29) is 17.3 Å². The molecule has 3 aromatic rings. The van der Waals surface area contributed by atoms with Gasteiger partial charge in [0.1, 0.15) is 11.4 Å². The Morgan fingerprint density at radius 2 is 1.88 bits per heavy atom. The average molecular weight is 594 g/mol. The minimum absolute atomic E-state index is 0.0646. The molecule has 2 saturated heterocycles. The lowest BCUT2D eigenvalue weighted by molar-refractivity contribution is 0.102. The Kier molecular flexibility index (Phi) is 8.84. The van der Waals surface area contributed by atoms with Gasteiger partial charge in [0.25, 0.3) is 5.91 Å². The van der Waals surface area contributed by atoms with Crippen molar-refractivity contribution in [1.82, 2.24) is 14.7 Å². The van der Waals surface area contributed by atoms with Gasteiger partial charge in [0, 0.05) is 37.5 Å². The predicted octanol–water partition coefficient (Wildman–Crippen LogP) is 5.48. The van der Waals surface area contributed by atoms with Crippen LogP contribution in [0.15, 0.2) is 30.5 Å². The Balaban J connectivity index is 1.53. The van der Waals surface area contributed by atoms with E-state index in [0.717, 1.165) is 59.3 Å². The number of nitrogens with one attached hydrogen (secondary N) is 3. The first-order valence-electron chi connectivity index (χ1n) is 14.8. The van der Waals surface area contributed by atoms with Crippen molar-refractivity contribution in [2.45, 2.75) is 52.1 Å². The number of ether oxygens (including phenoxy) is 1. The highest BCUT2D eigenvalue weighted by Crippen LogP contribution is 2.38. The molecule has 3 heterocycles. The smallest absolute Gasteiger partial charge is 0.262 e. The number of piperidine rings is 1. The highest BCUT2D eigenvalue weighted by atomic mass is 19.1. The van der Waals surface area contributed by atoms with Crippen molar-refractivity contribution < 1.29 is 18.3 Å². The molecular formula is C32H41F2N7O2. The number of rotatable bonds is 7. The van der Waals surface area contributed by atoms with Crippen LogP contribution in [0.1, 0.15) is 55.1 Å². The Bertz CT molecular complexity index is 1510. The van der Waals surface area contributed by atoms with E-state index in [4.69, 9.17) is 10.1 Å². The number of benzene rings is 2. The van der Waals surface area contributed by atoms with Crippen molar-refractivity contribution in [3.8, 4) is 11.1 Å². The summed E-state index contributed by atoms with van der Waals surface area (Å²) < 4.78 is 37.0. The van der Waals surface area contributed by atoms with E-state index in [1.807, 2.05) is 6.07 Å². The molecule has 2 fully saturated rings. The van der Waals surface area contributed by atoms with Gasteiger partial charge in [-0.3, -0.25) is 4.79 Å². The number of carbonyl (C=O) groups excluding carboxylic acids is 1. The van der Waals surface area contributed by atoms with Gasteiger partial charge >= 0.3 is 0 Å². The first-order valence-corrected chi connectivity index (χ1v) is 14.8. The van der Waals surface area contributed by atoms with E-state index in [2.05, 4.69) is 38.6 Å². The minimum Gasteiger partial charge on any atom is -0.379 e. The normalized spacial score (nSPS) is 18.0. The Labute approximate surface area is 251 Å². The molecule has 2 aliphatic heterocycles. The fourth-order valence-corrected chi connectivity index (χ4v) is 5.84. The summed E-state index contributed by atoms with van der Waals surface area (Å²) in [5.41, 5.74) is 3.74. The molecule has 2 aromatic carbocycles. The number of carbonyl (C=O) groups is 1. The third kappa shape index (κ3) is 6.57. The molecule has 1 aromatic heterocycles. The van der Waals surface area contributed by atoms with E-state index in [1.165, 1.54) is 12.3 Å².